The number of rotatable bonds is 10. The van der Waals surface area contributed by atoms with Crippen LogP contribution in [0.3, 0.4) is 0 Å². The number of amides is 1. The lowest BCUT2D eigenvalue weighted by molar-refractivity contribution is -0.120. The SMILES string of the molecule is CCCCCCCCNC(=O)Cc1cc(NC)ccc1O. The van der Waals surface area contributed by atoms with Crippen molar-refractivity contribution in [2.45, 2.75) is 51.9 Å². The molecule has 0 aliphatic carbocycles. The van der Waals surface area contributed by atoms with Gasteiger partial charge in [0.25, 0.3) is 0 Å². The Hall–Kier alpha value is -1.71. The number of hydrogen-bond donors (Lipinski definition) is 3. The fourth-order valence-electron chi connectivity index (χ4n) is 2.25. The lowest BCUT2D eigenvalue weighted by Crippen LogP contribution is -2.26. The second kappa shape index (κ2) is 10.1. The second-order valence-electron chi connectivity index (χ2n) is 5.39. The minimum Gasteiger partial charge on any atom is -0.508 e. The van der Waals surface area contributed by atoms with Crippen molar-refractivity contribution in [2.24, 2.45) is 0 Å². The van der Waals surface area contributed by atoms with Gasteiger partial charge >= 0.3 is 0 Å². The molecule has 4 heteroatoms. The summed E-state index contributed by atoms with van der Waals surface area (Å²) in [6, 6.07) is 5.20. The average molecular weight is 292 g/mol. The van der Waals surface area contributed by atoms with Crippen LogP contribution in [-0.2, 0) is 11.2 Å². The van der Waals surface area contributed by atoms with Crippen LogP contribution in [0.1, 0.15) is 51.0 Å². The third-order valence-electron chi connectivity index (χ3n) is 3.57. The summed E-state index contributed by atoms with van der Waals surface area (Å²) in [4.78, 5) is 11.9. The molecule has 0 heterocycles. The van der Waals surface area contributed by atoms with E-state index in [0.717, 1.165) is 18.7 Å². The van der Waals surface area contributed by atoms with Crippen molar-refractivity contribution in [3.05, 3.63) is 23.8 Å². The molecule has 0 spiro atoms. The summed E-state index contributed by atoms with van der Waals surface area (Å²) in [5.74, 6) is 0.135. The molecule has 1 rings (SSSR count). The molecule has 0 fully saturated rings. The van der Waals surface area contributed by atoms with Gasteiger partial charge in [-0.15, -0.1) is 0 Å². The van der Waals surface area contributed by atoms with E-state index < -0.39 is 0 Å². The normalized spacial score (nSPS) is 10.4. The van der Waals surface area contributed by atoms with Gasteiger partial charge in [0.05, 0.1) is 6.42 Å². The number of phenolic OH excluding ortho intramolecular Hbond substituents is 1. The second-order valence-corrected chi connectivity index (χ2v) is 5.39. The Morgan fingerprint density at radius 2 is 1.86 bits per heavy atom. The molecule has 0 unspecified atom stereocenters. The van der Waals surface area contributed by atoms with Gasteiger partial charge in [-0.25, -0.2) is 0 Å². The lowest BCUT2D eigenvalue weighted by atomic mass is 10.1. The number of nitrogens with one attached hydrogen (secondary N) is 2. The topological polar surface area (TPSA) is 61.4 Å². The summed E-state index contributed by atoms with van der Waals surface area (Å²) in [6.45, 7) is 2.93. The molecule has 0 aliphatic rings. The molecule has 1 aromatic rings. The first-order chi connectivity index (χ1) is 10.2. The molecular weight excluding hydrogens is 264 g/mol. The zero-order chi connectivity index (χ0) is 15.5. The van der Waals surface area contributed by atoms with Crippen LogP contribution in [0.25, 0.3) is 0 Å². The standard InChI is InChI=1S/C17H28N2O2/c1-3-4-5-6-7-8-11-19-17(21)13-14-12-15(18-2)9-10-16(14)20/h9-10,12,18,20H,3-8,11,13H2,1-2H3,(H,19,21). The molecule has 0 aliphatic heterocycles. The van der Waals surface area contributed by atoms with Gasteiger partial charge < -0.3 is 15.7 Å². The van der Waals surface area contributed by atoms with E-state index in [4.69, 9.17) is 0 Å². The summed E-state index contributed by atoms with van der Waals surface area (Å²) in [5, 5.41) is 15.7. The van der Waals surface area contributed by atoms with E-state index in [9.17, 15) is 9.90 Å². The number of unbranched alkanes of at least 4 members (excludes halogenated alkanes) is 5. The molecule has 0 atom stereocenters. The Morgan fingerprint density at radius 1 is 1.14 bits per heavy atom. The highest BCUT2D eigenvalue weighted by atomic mass is 16.3. The molecule has 1 amide bonds. The number of hydrogen-bond acceptors (Lipinski definition) is 3. The van der Waals surface area contributed by atoms with Crippen LogP contribution in [0, 0.1) is 0 Å². The first-order valence-electron chi connectivity index (χ1n) is 7.93. The van der Waals surface area contributed by atoms with Gasteiger partial charge in [-0.2, -0.15) is 0 Å². The lowest BCUT2D eigenvalue weighted by Gasteiger charge is -2.08. The van der Waals surface area contributed by atoms with E-state index >= 15 is 0 Å². The summed E-state index contributed by atoms with van der Waals surface area (Å²) in [6.07, 6.45) is 7.50. The van der Waals surface area contributed by atoms with Gasteiger partial charge in [0, 0.05) is 24.8 Å². The predicted octanol–water partition coefficient (Wildman–Crippen LogP) is 3.45. The fraction of sp³-hybridized carbons (Fsp3) is 0.588. The molecular formula is C17H28N2O2. The van der Waals surface area contributed by atoms with E-state index in [1.807, 2.05) is 7.05 Å². The maximum absolute atomic E-state index is 11.9. The minimum absolute atomic E-state index is 0.0351. The van der Waals surface area contributed by atoms with Gasteiger partial charge in [0.2, 0.25) is 5.91 Å². The Kier molecular flexibility index (Phi) is 8.32. The molecule has 0 saturated carbocycles. The van der Waals surface area contributed by atoms with Gasteiger partial charge in [0.15, 0.2) is 0 Å². The molecule has 1 aromatic carbocycles. The average Bonchev–Trinajstić information content (AvgIpc) is 2.48. The molecule has 118 valence electrons. The van der Waals surface area contributed by atoms with Crippen LogP contribution in [0.2, 0.25) is 0 Å². The van der Waals surface area contributed by atoms with E-state index in [0.29, 0.717) is 5.56 Å². The van der Waals surface area contributed by atoms with Crippen molar-refractivity contribution in [1.82, 2.24) is 5.32 Å². The number of carbonyl (C=O) groups excluding carboxylic acids is 1. The minimum atomic E-state index is -0.0351. The number of aromatic hydroxyl groups is 1. The quantitative estimate of drug-likeness (QED) is 0.457. The molecule has 0 radical (unpaired) electrons. The van der Waals surface area contributed by atoms with Crippen molar-refractivity contribution in [3.63, 3.8) is 0 Å². The fourth-order valence-corrected chi connectivity index (χ4v) is 2.25. The van der Waals surface area contributed by atoms with Gasteiger partial charge in [-0.1, -0.05) is 39.0 Å². The van der Waals surface area contributed by atoms with Crippen LogP contribution >= 0.6 is 0 Å². The summed E-state index contributed by atoms with van der Waals surface area (Å²) in [5.41, 5.74) is 1.55. The summed E-state index contributed by atoms with van der Waals surface area (Å²) < 4.78 is 0. The van der Waals surface area contributed by atoms with Gasteiger partial charge in [-0.05, 0) is 24.6 Å². The van der Waals surface area contributed by atoms with Crippen molar-refractivity contribution in [1.29, 1.82) is 0 Å². The van der Waals surface area contributed by atoms with Gasteiger partial charge in [-0.3, -0.25) is 4.79 Å². The molecule has 4 nitrogen and oxygen atoms in total. The number of anilines is 1. The number of carbonyl (C=O) groups is 1. The van der Waals surface area contributed by atoms with Crippen molar-refractivity contribution in [2.75, 3.05) is 18.9 Å². The monoisotopic (exact) mass is 292 g/mol. The Balaban J connectivity index is 2.24. The summed E-state index contributed by atoms with van der Waals surface area (Å²) in [7, 11) is 1.81. The van der Waals surface area contributed by atoms with E-state index in [1.165, 1.54) is 32.1 Å². The highest BCUT2D eigenvalue weighted by Gasteiger charge is 2.08. The van der Waals surface area contributed by atoms with E-state index in [1.54, 1.807) is 18.2 Å². The first kappa shape index (κ1) is 17.3. The smallest absolute Gasteiger partial charge is 0.224 e. The highest BCUT2D eigenvalue weighted by molar-refractivity contribution is 5.79. The zero-order valence-electron chi connectivity index (χ0n) is 13.2. The molecule has 21 heavy (non-hydrogen) atoms. The van der Waals surface area contributed by atoms with Crippen LogP contribution in [0.4, 0.5) is 5.69 Å². The van der Waals surface area contributed by atoms with E-state index in [2.05, 4.69) is 17.6 Å². The number of phenols is 1. The molecule has 0 bridgehead atoms. The van der Waals surface area contributed by atoms with Crippen molar-refractivity contribution in [3.8, 4) is 5.75 Å². The van der Waals surface area contributed by atoms with Crippen molar-refractivity contribution < 1.29 is 9.90 Å². The van der Waals surface area contributed by atoms with E-state index in [-0.39, 0.29) is 18.1 Å². The zero-order valence-corrected chi connectivity index (χ0v) is 13.2. The molecule has 3 N–H and O–H groups in total. The Morgan fingerprint density at radius 3 is 2.57 bits per heavy atom. The molecule has 0 saturated heterocycles. The first-order valence-corrected chi connectivity index (χ1v) is 7.93. The Bertz CT molecular complexity index is 433. The largest absolute Gasteiger partial charge is 0.508 e. The summed E-state index contributed by atoms with van der Waals surface area (Å²) >= 11 is 0. The maximum Gasteiger partial charge on any atom is 0.224 e. The van der Waals surface area contributed by atoms with Crippen LogP contribution in [0.15, 0.2) is 18.2 Å². The molecule has 0 aromatic heterocycles. The third kappa shape index (κ3) is 7.02. The number of benzene rings is 1. The third-order valence-corrected chi connectivity index (χ3v) is 3.57. The van der Waals surface area contributed by atoms with Crippen molar-refractivity contribution >= 4 is 11.6 Å². The van der Waals surface area contributed by atoms with Crippen LogP contribution in [0.5, 0.6) is 5.75 Å². The van der Waals surface area contributed by atoms with Gasteiger partial charge in [0.1, 0.15) is 5.75 Å². The maximum atomic E-state index is 11.9. The highest BCUT2D eigenvalue weighted by Crippen LogP contribution is 2.21. The predicted molar refractivity (Wildman–Crippen MR) is 87.7 cm³/mol. The van der Waals surface area contributed by atoms with Crippen LogP contribution in [-0.4, -0.2) is 24.6 Å². The van der Waals surface area contributed by atoms with Crippen LogP contribution < -0.4 is 10.6 Å². The Labute approximate surface area is 128 Å².